The molecular formula is C21H27N3O4S. The van der Waals surface area contributed by atoms with Crippen molar-refractivity contribution in [1.29, 1.82) is 0 Å². The number of hydrogen-bond donors (Lipinski definition) is 2. The van der Waals surface area contributed by atoms with Crippen LogP contribution in [0.1, 0.15) is 47.9 Å². The van der Waals surface area contributed by atoms with Crippen LogP contribution < -0.4 is 14.9 Å². The summed E-state index contributed by atoms with van der Waals surface area (Å²) in [6.07, 6.45) is 0.800. The summed E-state index contributed by atoms with van der Waals surface area (Å²) in [6, 6.07) is 13.1. The molecule has 0 bridgehead atoms. The van der Waals surface area contributed by atoms with Crippen LogP contribution >= 0.6 is 0 Å². The largest absolute Gasteiger partial charge is 0.350 e. The number of benzene rings is 2. The Labute approximate surface area is 172 Å². The van der Waals surface area contributed by atoms with E-state index < -0.39 is 10.0 Å². The third kappa shape index (κ3) is 5.57. The monoisotopic (exact) mass is 417 g/mol. The van der Waals surface area contributed by atoms with Crippen LogP contribution in [0.4, 0.5) is 11.4 Å². The molecule has 8 heteroatoms. The van der Waals surface area contributed by atoms with Gasteiger partial charge in [-0.05, 0) is 56.7 Å². The highest BCUT2D eigenvalue weighted by molar-refractivity contribution is 7.92. The van der Waals surface area contributed by atoms with E-state index in [0.717, 1.165) is 6.42 Å². The zero-order valence-corrected chi connectivity index (χ0v) is 17.9. The van der Waals surface area contributed by atoms with Gasteiger partial charge in [-0.3, -0.25) is 13.9 Å². The van der Waals surface area contributed by atoms with Gasteiger partial charge in [-0.15, -0.1) is 0 Å². The Morgan fingerprint density at radius 3 is 2.21 bits per heavy atom. The third-order valence-corrected chi connectivity index (χ3v) is 6.46. The van der Waals surface area contributed by atoms with E-state index in [-0.39, 0.29) is 23.6 Å². The number of nitrogens with zero attached hydrogens (tertiary/aromatic N) is 1. The lowest BCUT2D eigenvalue weighted by molar-refractivity contribution is 0.0940. The average Bonchev–Trinajstić information content (AvgIpc) is 2.73. The Balaban J connectivity index is 2.18. The molecule has 0 saturated heterocycles. The molecule has 0 aromatic heterocycles. The van der Waals surface area contributed by atoms with Gasteiger partial charge in [-0.1, -0.05) is 19.1 Å². The van der Waals surface area contributed by atoms with Crippen LogP contribution in [0.25, 0.3) is 0 Å². The maximum Gasteiger partial charge on any atom is 0.255 e. The second-order valence-corrected chi connectivity index (χ2v) is 8.99. The molecule has 156 valence electrons. The molecule has 2 N–H and O–H groups in total. The van der Waals surface area contributed by atoms with Crippen LogP contribution in [-0.4, -0.2) is 39.1 Å². The molecule has 2 amide bonds. The van der Waals surface area contributed by atoms with Crippen molar-refractivity contribution in [1.82, 2.24) is 5.32 Å². The van der Waals surface area contributed by atoms with Crippen LogP contribution in [0.15, 0.2) is 48.5 Å². The summed E-state index contributed by atoms with van der Waals surface area (Å²) in [7, 11) is -1.90. The lowest BCUT2D eigenvalue weighted by Gasteiger charge is -2.18. The number of nitrogens with one attached hydrogen (secondary N) is 2. The maximum atomic E-state index is 12.6. The zero-order chi connectivity index (χ0) is 21.6. The molecule has 2 aromatic rings. The summed E-state index contributed by atoms with van der Waals surface area (Å²) < 4.78 is 25.1. The number of sulfonamides is 1. The minimum atomic E-state index is -3.37. The van der Waals surface area contributed by atoms with Crippen molar-refractivity contribution in [2.45, 2.75) is 33.2 Å². The quantitative estimate of drug-likeness (QED) is 0.689. The van der Waals surface area contributed by atoms with Crippen molar-refractivity contribution < 1.29 is 18.0 Å². The Hall–Kier alpha value is -2.87. The Bertz CT molecular complexity index is 972. The second-order valence-electron chi connectivity index (χ2n) is 6.70. The molecule has 1 atom stereocenters. The number of carbonyl (C=O) groups excluding carboxylic acids is 2. The highest BCUT2D eigenvalue weighted by Gasteiger charge is 2.18. The molecule has 0 radical (unpaired) electrons. The molecule has 0 unspecified atom stereocenters. The highest BCUT2D eigenvalue weighted by Crippen LogP contribution is 2.20. The molecule has 7 nitrogen and oxygen atoms in total. The minimum Gasteiger partial charge on any atom is -0.350 e. The van der Waals surface area contributed by atoms with Crippen LogP contribution in [0.3, 0.4) is 0 Å². The smallest absolute Gasteiger partial charge is 0.255 e. The summed E-state index contributed by atoms with van der Waals surface area (Å²) in [5, 5.41) is 5.64. The number of amides is 2. The number of hydrogen-bond acceptors (Lipinski definition) is 4. The molecule has 0 saturated carbocycles. The fourth-order valence-corrected chi connectivity index (χ4v) is 3.40. The normalized spacial score (nSPS) is 12.1. The van der Waals surface area contributed by atoms with Gasteiger partial charge in [0.15, 0.2) is 0 Å². The van der Waals surface area contributed by atoms with E-state index >= 15 is 0 Å². The summed E-state index contributed by atoms with van der Waals surface area (Å²) in [6.45, 7) is 5.46. The third-order valence-electron chi connectivity index (χ3n) is 4.68. The molecule has 0 spiro atoms. The van der Waals surface area contributed by atoms with Gasteiger partial charge in [-0.2, -0.15) is 0 Å². The molecule has 0 aliphatic carbocycles. The summed E-state index contributed by atoms with van der Waals surface area (Å²) in [5.74, 6) is -0.653. The first kappa shape index (κ1) is 22.4. The molecule has 2 aromatic carbocycles. The first-order valence-corrected chi connectivity index (χ1v) is 11.1. The first-order chi connectivity index (χ1) is 13.7. The van der Waals surface area contributed by atoms with Gasteiger partial charge in [0.1, 0.15) is 0 Å². The van der Waals surface area contributed by atoms with Crippen molar-refractivity contribution in [3.05, 3.63) is 59.7 Å². The lowest BCUT2D eigenvalue weighted by Crippen LogP contribution is -2.32. The second kappa shape index (κ2) is 9.56. The molecule has 2 rings (SSSR count). The highest BCUT2D eigenvalue weighted by atomic mass is 32.2. The maximum absolute atomic E-state index is 12.6. The standard InChI is InChI=1S/C21H27N3O4S/c1-5-15(3)22-21(26)18-9-7-8-10-19(18)23-20(25)16-11-13-17(14-12-16)24(4)29(27,28)6-2/h7-15H,5-6H2,1-4H3,(H,22,26)(H,23,25)/t15-/m0/s1. The molecule has 0 heterocycles. The van der Waals surface area contributed by atoms with E-state index in [1.54, 1.807) is 55.5 Å². The fourth-order valence-electron chi connectivity index (χ4n) is 2.57. The lowest BCUT2D eigenvalue weighted by atomic mass is 10.1. The van der Waals surface area contributed by atoms with Gasteiger partial charge in [0, 0.05) is 18.7 Å². The summed E-state index contributed by atoms with van der Waals surface area (Å²) in [4.78, 5) is 25.1. The minimum absolute atomic E-state index is 0.0127. The molecule has 29 heavy (non-hydrogen) atoms. The number of para-hydroxylation sites is 1. The van der Waals surface area contributed by atoms with E-state index in [4.69, 9.17) is 0 Å². The van der Waals surface area contributed by atoms with Crippen LogP contribution in [0.2, 0.25) is 0 Å². The van der Waals surface area contributed by atoms with E-state index in [1.807, 2.05) is 13.8 Å². The van der Waals surface area contributed by atoms with E-state index in [0.29, 0.717) is 22.5 Å². The number of rotatable bonds is 8. The Morgan fingerprint density at radius 2 is 1.62 bits per heavy atom. The van der Waals surface area contributed by atoms with Crippen molar-refractivity contribution in [3.8, 4) is 0 Å². The first-order valence-electron chi connectivity index (χ1n) is 9.47. The molecule has 0 aliphatic rings. The van der Waals surface area contributed by atoms with Crippen LogP contribution in [0.5, 0.6) is 0 Å². The van der Waals surface area contributed by atoms with Crippen molar-refractivity contribution in [3.63, 3.8) is 0 Å². The SMILES string of the molecule is CC[C@H](C)NC(=O)c1ccccc1NC(=O)c1ccc(N(C)S(=O)(=O)CC)cc1. The number of anilines is 2. The zero-order valence-electron chi connectivity index (χ0n) is 17.1. The van der Waals surface area contributed by atoms with Crippen molar-refractivity contribution in [2.24, 2.45) is 0 Å². The van der Waals surface area contributed by atoms with Gasteiger partial charge in [0.05, 0.1) is 22.7 Å². The van der Waals surface area contributed by atoms with E-state index in [1.165, 1.54) is 11.4 Å². The predicted molar refractivity (Wildman–Crippen MR) is 116 cm³/mol. The van der Waals surface area contributed by atoms with Gasteiger partial charge in [-0.25, -0.2) is 8.42 Å². The van der Waals surface area contributed by atoms with E-state index in [9.17, 15) is 18.0 Å². The van der Waals surface area contributed by atoms with Gasteiger partial charge in [0.2, 0.25) is 10.0 Å². The van der Waals surface area contributed by atoms with Crippen LogP contribution in [0, 0.1) is 0 Å². The summed E-state index contributed by atoms with van der Waals surface area (Å²) >= 11 is 0. The molecule has 0 aliphatic heterocycles. The summed E-state index contributed by atoms with van der Waals surface area (Å²) in [5.41, 5.74) is 1.62. The Morgan fingerprint density at radius 1 is 1.00 bits per heavy atom. The predicted octanol–water partition coefficient (Wildman–Crippen LogP) is 3.25. The van der Waals surface area contributed by atoms with Gasteiger partial charge < -0.3 is 10.6 Å². The van der Waals surface area contributed by atoms with E-state index in [2.05, 4.69) is 10.6 Å². The van der Waals surface area contributed by atoms with Gasteiger partial charge >= 0.3 is 0 Å². The van der Waals surface area contributed by atoms with Gasteiger partial charge in [0.25, 0.3) is 11.8 Å². The Kier molecular flexibility index (Phi) is 7.39. The fraction of sp³-hybridized carbons (Fsp3) is 0.333. The van der Waals surface area contributed by atoms with Crippen molar-refractivity contribution >= 4 is 33.2 Å². The average molecular weight is 418 g/mol. The van der Waals surface area contributed by atoms with Crippen molar-refractivity contribution in [2.75, 3.05) is 22.4 Å². The number of carbonyl (C=O) groups is 2. The van der Waals surface area contributed by atoms with Crippen LogP contribution in [-0.2, 0) is 10.0 Å². The topological polar surface area (TPSA) is 95.6 Å². The molecule has 0 fully saturated rings. The molecular weight excluding hydrogens is 390 g/mol.